The second-order valence-electron chi connectivity index (χ2n) is 7.23. The normalized spacial score (nSPS) is 14.3. The van der Waals surface area contributed by atoms with Crippen LogP contribution >= 0.6 is 0 Å². The fourth-order valence-corrected chi connectivity index (χ4v) is 3.69. The summed E-state index contributed by atoms with van der Waals surface area (Å²) in [4.78, 5) is 11.3. The molecule has 7 heteroatoms. The molecule has 0 unspecified atom stereocenters. The number of hydrogen-bond acceptors (Lipinski definition) is 6. The van der Waals surface area contributed by atoms with Crippen molar-refractivity contribution in [2.75, 3.05) is 36.4 Å². The van der Waals surface area contributed by atoms with Crippen molar-refractivity contribution in [2.24, 2.45) is 0 Å². The number of pyridine rings is 2. The Morgan fingerprint density at radius 3 is 2.66 bits per heavy atom. The quantitative estimate of drug-likeness (QED) is 0.562. The SMILES string of the molecule is Cc1ccnc(Nc2nn(-c3ccnc(N4CCNCC4)c3)c3ccccc23)c1. The van der Waals surface area contributed by atoms with Gasteiger partial charge < -0.3 is 15.5 Å². The third-order valence-corrected chi connectivity index (χ3v) is 5.16. The highest BCUT2D eigenvalue weighted by atomic mass is 15.3. The van der Waals surface area contributed by atoms with Crippen molar-refractivity contribution in [3.8, 4) is 5.69 Å². The van der Waals surface area contributed by atoms with Crippen LogP contribution in [0.3, 0.4) is 0 Å². The first-order valence-corrected chi connectivity index (χ1v) is 9.87. The van der Waals surface area contributed by atoms with Gasteiger partial charge in [-0.05, 0) is 42.8 Å². The predicted molar refractivity (Wildman–Crippen MR) is 116 cm³/mol. The van der Waals surface area contributed by atoms with Crippen LogP contribution in [0, 0.1) is 6.92 Å². The molecule has 1 aliphatic rings. The van der Waals surface area contributed by atoms with E-state index in [4.69, 9.17) is 5.10 Å². The largest absolute Gasteiger partial charge is 0.354 e. The molecule has 7 nitrogen and oxygen atoms in total. The summed E-state index contributed by atoms with van der Waals surface area (Å²) >= 11 is 0. The van der Waals surface area contributed by atoms with E-state index in [2.05, 4.69) is 50.6 Å². The van der Waals surface area contributed by atoms with Crippen molar-refractivity contribution in [1.82, 2.24) is 25.1 Å². The van der Waals surface area contributed by atoms with Gasteiger partial charge in [-0.25, -0.2) is 14.6 Å². The average molecular weight is 385 g/mol. The van der Waals surface area contributed by atoms with Gasteiger partial charge in [-0.3, -0.25) is 0 Å². The predicted octanol–water partition coefficient (Wildman–Crippen LogP) is 3.28. The van der Waals surface area contributed by atoms with Crippen LogP contribution in [0.5, 0.6) is 0 Å². The Labute approximate surface area is 169 Å². The van der Waals surface area contributed by atoms with Crippen LogP contribution < -0.4 is 15.5 Å². The Morgan fingerprint density at radius 2 is 1.79 bits per heavy atom. The molecule has 3 aromatic heterocycles. The molecule has 29 heavy (non-hydrogen) atoms. The van der Waals surface area contributed by atoms with Gasteiger partial charge in [-0.15, -0.1) is 5.10 Å². The van der Waals surface area contributed by atoms with Gasteiger partial charge in [0.25, 0.3) is 0 Å². The van der Waals surface area contributed by atoms with Crippen molar-refractivity contribution >= 4 is 28.4 Å². The first-order valence-electron chi connectivity index (χ1n) is 9.87. The summed E-state index contributed by atoms with van der Waals surface area (Å²) < 4.78 is 1.97. The van der Waals surface area contributed by atoms with E-state index < -0.39 is 0 Å². The minimum atomic E-state index is 0.789. The number of benzene rings is 1. The highest BCUT2D eigenvalue weighted by Gasteiger charge is 2.15. The number of hydrogen-bond donors (Lipinski definition) is 2. The third-order valence-electron chi connectivity index (χ3n) is 5.16. The molecule has 0 bridgehead atoms. The van der Waals surface area contributed by atoms with Crippen LogP contribution in [0.1, 0.15) is 5.56 Å². The van der Waals surface area contributed by atoms with E-state index in [0.717, 1.165) is 65.8 Å². The second-order valence-corrected chi connectivity index (χ2v) is 7.23. The first kappa shape index (κ1) is 17.6. The van der Waals surface area contributed by atoms with Crippen molar-refractivity contribution in [2.45, 2.75) is 6.92 Å². The summed E-state index contributed by atoms with van der Waals surface area (Å²) in [7, 11) is 0. The number of anilines is 3. The zero-order chi connectivity index (χ0) is 19.6. The Morgan fingerprint density at radius 1 is 0.966 bits per heavy atom. The molecule has 0 aliphatic carbocycles. The van der Waals surface area contributed by atoms with Crippen molar-refractivity contribution in [3.63, 3.8) is 0 Å². The molecule has 0 radical (unpaired) electrons. The van der Waals surface area contributed by atoms with Crippen LogP contribution in [-0.2, 0) is 0 Å². The van der Waals surface area contributed by atoms with Crippen LogP contribution in [-0.4, -0.2) is 45.9 Å². The van der Waals surface area contributed by atoms with E-state index in [1.54, 1.807) is 6.20 Å². The first-order chi connectivity index (χ1) is 14.3. The van der Waals surface area contributed by atoms with Gasteiger partial charge in [0.2, 0.25) is 0 Å². The molecule has 4 aromatic rings. The van der Waals surface area contributed by atoms with E-state index in [1.165, 1.54) is 0 Å². The molecular weight excluding hydrogens is 362 g/mol. The third kappa shape index (κ3) is 3.52. The molecule has 1 aliphatic heterocycles. The van der Waals surface area contributed by atoms with Crippen molar-refractivity contribution < 1.29 is 0 Å². The number of piperazine rings is 1. The van der Waals surface area contributed by atoms with E-state index in [0.29, 0.717) is 0 Å². The number of para-hydroxylation sites is 1. The lowest BCUT2D eigenvalue weighted by Crippen LogP contribution is -2.43. The summed E-state index contributed by atoms with van der Waals surface area (Å²) in [5.41, 5.74) is 3.19. The van der Waals surface area contributed by atoms with E-state index in [-0.39, 0.29) is 0 Å². The molecule has 4 heterocycles. The lowest BCUT2D eigenvalue weighted by Gasteiger charge is -2.28. The summed E-state index contributed by atoms with van der Waals surface area (Å²) in [6.07, 6.45) is 3.66. The summed E-state index contributed by atoms with van der Waals surface area (Å²) in [6.45, 7) is 5.94. The number of nitrogens with zero attached hydrogens (tertiary/aromatic N) is 5. The number of aromatic nitrogens is 4. The number of nitrogens with one attached hydrogen (secondary N) is 2. The molecule has 5 rings (SSSR count). The van der Waals surface area contributed by atoms with Gasteiger partial charge in [0.1, 0.15) is 11.6 Å². The lowest BCUT2D eigenvalue weighted by molar-refractivity contribution is 0.585. The zero-order valence-corrected chi connectivity index (χ0v) is 16.3. The topological polar surface area (TPSA) is 70.9 Å². The van der Waals surface area contributed by atoms with E-state index in [9.17, 15) is 0 Å². The van der Waals surface area contributed by atoms with Crippen molar-refractivity contribution in [3.05, 3.63) is 66.5 Å². The maximum absolute atomic E-state index is 4.88. The zero-order valence-electron chi connectivity index (χ0n) is 16.3. The summed E-state index contributed by atoms with van der Waals surface area (Å²) in [5, 5.41) is 12.7. The van der Waals surface area contributed by atoms with Gasteiger partial charge in [0.05, 0.1) is 11.2 Å². The molecule has 2 N–H and O–H groups in total. The van der Waals surface area contributed by atoms with Crippen LogP contribution in [0.15, 0.2) is 60.9 Å². The standard InChI is InChI=1S/C22H23N7/c1-16-6-8-24-20(14-16)26-22-18-4-2-3-5-19(18)29(27-22)17-7-9-25-21(15-17)28-12-10-23-11-13-28/h2-9,14-15,23H,10-13H2,1H3,(H,24,26,27). The van der Waals surface area contributed by atoms with Gasteiger partial charge in [0, 0.05) is 50.0 Å². The van der Waals surface area contributed by atoms with Crippen LogP contribution in [0.2, 0.25) is 0 Å². The smallest absolute Gasteiger partial charge is 0.161 e. The molecule has 146 valence electrons. The lowest BCUT2D eigenvalue weighted by atomic mass is 10.2. The Bertz CT molecular complexity index is 1140. The Hall–Kier alpha value is -3.45. The maximum atomic E-state index is 4.88. The molecule has 0 saturated carbocycles. The van der Waals surface area contributed by atoms with Crippen molar-refractivity contribution in [1.29, 1.82) is 0 Å². The molecule has 1 aromatic carbocycles. The van der Waals surface area contributed by atoms with Crippen LogP contribution in [0.4, 0.5) is 17.5 Å². The molecule has 1 fully saturated rings. The average Bonchev–Trinajstić information content (AvgIpc) is 3.13. The molecular formula is C22H23N7. The number of rotatable bonds is 4. The Balaban J connectivity index is 1.55. The van der Waals surface area contributed by atoms with Gasteiger partial charge in [0.15, 0.2) is 5.82 Å². The minimum absolute atomic E-state index is 0.789. The van der Waals surface area contributed by atoms with Gasteiger partial charge >= 0.3 is 0 Å². The number of fused-ring (bicyclic) bond motifs is 1. The Kier molecular flexibility index (Phi) is 4.57. The highest BCUT2D eigenvalue weighted by Crippen LogP contribution is 2.28. The minimum Gasteiger partial charge on any atom is -0.354 e. The van der Waals surface area contributed by atoms with Gasteiger partial charge in [-0.1, -0.05) is 12.1 Å². The van der Waals surface area contributed by atoms with E-state index >= 15 is 0 Å². The van der Waals surface area contributed by atoms with Gasteiger partial charge in [-0.2, -0.15) is 0 Å². The molecule has 0 atom stereocenters. The molecule has 1 saturated heterocycles. The second kappa shape index (κ2) is 7.52. The number of aryl methyl sites for hydroxylation is 1. The maximum Gasteiger partial charge on any atom is 0.161 e. The fraction of sp³-hybridized carbons (Fsp3) is 0.227. The summed E-state index contributed by atoms with van der Waals surface area (Å²) in [6, 6.07) is 16.3. The highest BCUT2D eigenvalue weighted by molar-refractivity contribution is 5.92. The molecule has 0 amide bonds. The monoisotopic (exact) mass is 385 g/mol. The molecule has 0 spiro atoms. The summed E-state index contributed by atoms with van der Waals surface area (Å²) in [5.74, 6) is 2.56. The van der Waals surface area contributed by atoms with Crippen LogP contribution in [0.25, 0.3) is 16.6 Å². The fourth-order valence-electron chi connectivity index (χ4n) is 3.69. The van der Waals surface area contributed by atoms with E-state index in [1.807, 2.05) is 41.2 Å².